The molecule has 76 valence electrons. The summed E-state index contributed by atoms with van der Waals surface area (Å²) in [4.78, 5) is 2.39. The molecule has 1 aromatic carbocycles. The van der Waals surface area contributed by atoms with E-state index in [2.05, 4.69) is 44.0 Å². The third-order valence-electron chi connectivity index (χ3n) is 3.34. The molecule has 0 radical (unpaired) electrons. The van der Waals surface area contributed by atoms with Crippen LogP contribution in [-0.4, -0.2) is 13.6 Å². The lowest BCUT2D eigenvalue weighted by molar-refractivity contribution is 0.654. The van der Waals surface area contributed by atoms with Gasteiger partial charge in [0, 0.05) is 19.3 Å². The first kappa shape index (κ1) is 9.57. The summed E-state index contributed by atoms with van der Waals surface area (Å²) < 4.78 is 0. The monoisotopic (exact) mass is 189 g/mol. The van der Waals surface area contributed by atoms with Crippen molar-refractivity contribution in [3.05, 3.63) is 29.3 Å². The number of anilines is 1. The van der Waals surface area contributed by atoms with Crippen molar-refractivity contribution in [3.63, 3.8) is 0 Å². The number of fused-ring (bicyclic) bond motifs is 1. The minimum Gasteiger partial charge on any atom is -0.374 e. The van der Waals surface area contributed by atoms with Gasteiger partial charge in [-0.25, -0.2) is 0 Å². The van der Waals surface area contributed by atoms with E-state index in [0.29, 0.717) is 0 Å². The highest BCUT2D eigenvalue weighted by Crippen LogP contribution is 2.35. The maximum Gasteiger partial charge on any atom is 0.0401 e. The Labute approximate surface area is 86.7 Å². The maximum atomic E-state index is 2.39. The third kappa shape index (κ3) is 1.52. The highest BCUT2D eigenvalue weighted by atomic mass is 15.1. The fourth-order valence-corrected chi connectivity index (χ4v) is 2.54. The molecule has 0 amide bonds. The Morgan fingerprint density at radius 1 is 1.36 bits per heavy atom. The topological polar surface area (TPSA) is 3.24 Å². The molecule has 1 atom stereocenters. The Hall–Kier alpha value is -0.980. The first-order valence-corrected chi connectivity index (χ1v) is 5.51. The van der Waals surface area contributed by atoms with E-state index in [1.54, 1.807) is 5.56 Å². The average Bonchev–Trinajstić information content (AvgIpc) is 2.29. The van der Waals surface area contributed by atoms with Crippen LogP contribution in [0.1, 0.15) is 36.8 Å². The molecule has 0 aliphatic carbocycles. The van der Waals surface area contributed by atoms with Gasteiger partial charge in [-0.2, -0.15) is 0 Å². The van der Waals surface area contributed by atoms with Gasteiger partial charge in [-0.1, -0.05) is 19.1 Å². The molecular formula is C13H19N. The lowest BCUT2D eigenvalue weighted by Crippen LogP contribution is -2.17. The van der Waals surface area contributed by atoms with Gasteiger partial charge in [0.2, 0.25) is 0 Å². The van der Waals surface area contributed by atoms with Crippen molar-refractivity contribution < 1.29 is 0 Å². The van der Waals surface area contributed by atoms with Crippen LogP contribution in [0.4, 0.5) is 5.69 Å². The molecule has 1 heteroatoms. The molecule has 0 aromatic heterocycles. The van der Waals surface area contributed by atoms with Crippen LogP contribution in [0.5, 0.6) is 0 Å². The van der Waals surface area contributed by atoms with Crippen LogP contribution in [0, 0.1) is 6.92 Å². The smallest absolute Gasteiger partial charge is 0.0401 e. The number of rotatable bonds is 0. The van der Waals surface area contributed by atoms with Crippen molar-refractivity contribution in [2.75, 3.05) is 18.5 Å². The molecule has 1 aliphatic heterocycles. The molecule has 0 saturated heterocycles. The molecular weight excluding hydrogens is 170 g/mol. The second kappa shape index (κ2) is 3.64. The summed E-state index contributed by atoms with van der Waals surface area (Å²) >= 11 is 0. The highest BCUT2D eigenvalue weighted by molar-refractivity contribution is 5.58. The Bertz CT molecular complexity index is 330. The van der Waals surface area contributed by atoms with Crippen molar-refractivity contribution in [1.82, 2.24) is 0 Å². The van der Waals surface area contributed by atoms with E-state index in [0.717, 1.165) is 5.92 Å². The van der Waals surface area contributed by atoms with Gasteiger partial charge < -0.3 is 4.90 Å². The average molecular weight is 189 g/mol. The van der Waals surface area contributed by atoms with Gasteiger partial charge in [-0.05, 0) is 42.9 Å². The van der Waals surface area contributed by atoms with Crippen molar-refractivity contribution in [3.8, 4) is 0 Å². The number of benzene rings is 1. The normalized spacial score (nSPS) is 21.6. The molecule has 0 N–H and O–H groups in total. The summed E-state index contributed by atoms with van der Waals surface area (Å²) in [6.45, 7) is 5.78. The van der Waals surface area contributed by atoms with Gasteiger partial charge in [0.1, 0.15) is 0 Å². The van der Waals surface area contributed by atoms with Gasteiger partial charge in [0.15, 0.2) is 0 Å². The minimum absolute atomic E-state index is 0.719. The number of aryl methyl sites for hydroxylation is 1. The van der Waals surface area contributed by atoms with Crippen molar-refractivity contribution in [2.45, 2.75) is 32.6 Å². The van der Waals surface area contributed by atoms with Crippen LogP contribution < -0.4 is 4.90 Å². The zero-order valence-corrected chi connectivity index (χ0v) is 9.38. The number of hydrogen-bond acceptors (Lipinski definition) is 1. The molecule has 2 rings (SSSR count). The largest absolute Gasteiger partial charge is 0.374 e. The molecule has 1 heterocycles. The quantitative estimate of drug-likeness (QED) is 0.605. The predicted molar refractivity (Wildman–Crippen MR) is 62.1 cm³/mol. The van der Waals surface area contributed by atoms with E-state index in [1.165, 1.54) is 30.6 Å². The Morgan fingerprint density at radius 3 is 2.93 bits per heavy atom. The Morgan fingerprint density at radius 2 is 2.14 bits per heavy atom. The lowest BCUT2D eigenvalue weighted by Gasteiger charge is -2.21. The number of hydrogen-bond donors (Lipinski definition) is 0. The van der Waals surface area contributed by atoms with Gasteiger partial charge >= 0.3 is 0 Å². The van der Waals surface area contributed by atoms with Crippen molar-refractivity contribution in [1.29, 1.82) is 0 Å². The summed E-state index contributed by atoms with van der Waals surface area (Å²) in [6.07, 6.45) is 2.63. The fraction of sp³-hybridized carbons (Fsp3) is 0.538. The second-order valence-corrected chi connectivity index (χ2v) is 4.47. The summed E-state index contributed by atoms with van der Waals surface area (Å²) in [7, 11) is 2.20. The summed E-state index contributed by atoms with van der Waals surface area (Å²) in [5, 5.41) is 0. The van der Waals surface area contributed by atoms with Crippen LogP contribution in [0.2, 0.25) is 0 Å². The molecule has 1 nitrogen and oxygen atoms in total. The van der Waals surface area contributed by atoms with Gasteiger partial charge in [0.25, 0.3) is 0 Å². The molecule has 1 aliphatic rings. The molecule has 1 unspecified atom stereocenters. The first-order valence-electron chi connectivity index (χ1n) is 5.51. The van der Waals surface area contributed by atoms with Gasteiger partial charge in [0.05, 0.1) is 0 Å². The lowest BCUT2D eigenvalue weighted by atomic mass is 9.92. The predicted octanol–water partition coefficient (Wildman–Crippen LogP) is 3.33. The first-order chi connectivity index (χ1) is 6.70. The zero-order valence-electron chi connectivity index (χ0n) is 9.38. The number of nitrogens with zero attached hydrogens (tertiary/aromatic N) is 1. The van der Waals surface area contributed by atoms with Crippen molar-refractivity contribution in [2.24, 2.45) is 0 Å². The van der Waals surface area contributed by atoms with E-state index in [9.17, 15) is 0 Å². The third-order valence-corrected chi connectivity index (χ3v) is 3.34. The van der Waals surface area contributed by atoms with Crippen LogP contribution in [-0.2, 0) is 0 Å². The van der Waals surface area contributed by atoms with Crippen LogP contribution in [0.25, 0.3) is 0 Å². The van der Waals surface area contributed by atoms with E-state index in [4.69, 9.17) is 0 Å². The molecule has 0 spiro atoms. The van der Waals surface area contributed by atoms with Gasteiger partial charge in [-0.15, -0.1) is 0 Å². The SMILES string of the molecule is Cc1cccc2c1C(C)CCCN2C. The van der Waals surface area contributed by atoms with Crippen LogP contribution in [0.15, 0.2) is 18.2 Å². The standard InChI is InChI=1S/C13H19N/c1-10-6-4-8-12-13(10)11(2)7-5-9-14(12)3/h4,6,8,11H,5,7,9H2,1-3H3. The van der Waals surface area contributed by atoms with E-state index >= 15 is 0 Å². The molecule has 0 saturated carbocycles. The van der Waals surface area contributed by atoms with Crippen LogP contribution in [0.3, 0.4) is 0 Å². The molecule has 14 heavy (non-hydrogen) atoms. The summed E-state index contributed by atoms with van der Waals surface area (Å²) in [6, 6.07) is 6.65. The van der Waals surface area contributed by atoms with E-state index in [1.807, 2.05) is 0 Å². The fourth-order valence-electron chi connectivity index (χ4n) is 2.54. The molecule has 0 fully saturated rings. The zero-order chi connectivity index (χ0) is 10.1. The Balaban J connectivity index is 2.54. The van der Waals surface area contributed by atoms with Crippen molar-refractivity contribution >= 4 is 5.69 Å². The van der Waals surface area contributed by atoms with Gasteiger partial charge in [-0.3, -0.25) is 0 Å². The highest BCUT2D eigenvalue weighted by Gasteiger charge is 2.18. The van der Waals surface area contributed by atoms with Crippen LogP contribution >= 0.6 is 0 Å². The molecule has 1 aromatic rings. The summed E-state index contributed by atoms with van der Waals surface area (Å²) in [5.74, 6) is 0.719. The minimum atomic E-state index is 0.719. The molecule has 0 bridgehead atoms. The second-order valence-electron chi connectivity index (χ2n) is 4.47. The van der Waals surface area contributed by atoms with E-state index < -0.39 is 0 Å². The van der Waals surface area contributed by atoms with E-state index in [-0.39, 0.29) is 0 Å². The maximum absolute atomic E-state index is 2.39. The Kier molecular flexibility index (Phi) is 2.49. The summed E-state index contributed by atoms with van der Waals surface area (Å²) in [5.41, 5.74) is 4.45.